The van der Waals surface area contributed by atoms with E-state index in [1.54, 1.807) is 24.3 Å². The lowest BCUT2D eigenvalue weighted by atomic mass is 9.70. The number of rotatable bonds is 4. The Labute approximate surface area is 166 Å². The Balaban J connectivity index is 1.93. The van der Waals surface area contributed by atoms with Gasteiger partial charge in [0.25, 0.3) is 5.91 Å². The Morgan fingerprint density at radius 3 is 2.46 bits per heavy atom. The first-order valence-corrected chi connectivity index (χ1v) is 10.1. The van der Waals surface area contributed by atoms with E-state index in [4.69, 9.17) is 9.47 Å². The number of hydrogen-bond donors (Lipinski definition) is 1. The first kappa shape index (κ1) is 20.6. The highest BCUT2D eigenvalue weighted by Crippen LogP contribution is 2.47. The third-order valence-electron chi connectivity index (χ3n) is 6.17. The number of nitrogens with zero attached hydrogens (tertiary/aromatic N) is 1. The lowest BCUT2D eigenvalue weighted by Crippen LogP contribution is -2.55. The van der Waals surface area contributed by atoms with Crippen molar-refractivity contribution in [3.63, 3.8) is 0 Å². The molecule has 1 amide bonds. The Kier molecular flexibility index (Phi) is 5.71. The fourth-order valence-electron chi connectivity index (χ4n) is 4.55. The van der Waals surface area contributed by atoms with E-state index in [1.165, 1.54) is 4.90 Å². The summed E-state index contributed by atoms with van der Waals surface area (Å²) in [7, 11) is 0. The Bertz CT molecular complexity index is 731. The molecule has 1 aliphatic carbocycles. The second-order valence-corrected chi connectivity index (χ2v) is 8.86. The van der Waals surface area contributed by atoms with Gasteiger partial charge < -0.3 is 14.6 Å². The number of carboxylic acids is 1. The Morgan fingerprint density at radius 1 is 1.25 bits per heavy atom. The minimum atomic E-state index is -1.03. The van der Waals surface area contributed by atoms with E-state index in [1.807, 2.05) is 6.92 Å². The standard InChI is InChI=1S/C22H31NO5/c1-5-27-18-9-7-6-8-16(18)19(24)23-17(20(25)26)14-28-22(23)12-10-15(11-13-22)21(2,3)4/h6-9,15,17H,5,10-14H2,1-4H3,(H,25,26)/t15?,17-,22?/m0/s1. The van der Waals surface area contributed by atoms with Crippen molar-refractivity contribution in [1.82, 2.24) is 4.90 Å². The maximum absolute atomic E-state index is 13.5. The van der Waals surface area contributed by atoms with Crippen molar-refractivity contribution in [2.75, 3.05) is 13.2 Å². The highest BCUT2D eigenvalue weighted by atomic mass is 16.5. The van der Waals surface area contributed by atoms with Gasteiger partial charge in [-0.15, -0.1) is 0 Å². The quantitative estimate of drug-likeness (QED) is 0.844. The molecule has 1 aromatic carbocycles. The number of hydrogen-bond acceptors (Lipinski definition) is 4. The molecule has 3 rings (SSSR count). The fraction of sp³-hybridized carbons (Fsp3) is 0.636. The van der Waals surface area contributed by atoms with E-state index < -0.39 is 17.7 Å². The van der Waals surface area contributed by atoms with Gasteiger partial charge in [-0.05, 0) is 56.1 Å². The van der Waals surface area contributed by atoms with Crippen LogP contribution in [0.3, 0.4) is 0 Å². The number of amides is 1. The minimum absolute atomic E-state index is 0.0259. The first-order valence-electron chi connectivity index (χ1n) is 10.1. The zero-order chi connectivity index (χ0) is 20.5. The average molecular weight is 389 g/mol. The van der Waals surface area contributed by atoms with Gasteiger partial charge >= 0.3 is 5.97 Å². The molecule has 2 aliphatic rings. The third kappa shape index (κ3) is 3.75. The summed E-state index contributed by atoms with van der Waals surface area (Å²) in [6.07, 6.45) is 3.13. The summed E-state index contributed by atoms with van der Waals surface area (Å²) in [5.74, 6) is -0.358. The predicted molar refractivity (Wildman–Crippen MR) is 105 cm³/mol. The lowest BCUT2D eigenvalue weighted by Gasteiger charge is -2.46. The van der Waals surface area contributed by atoms with Crippen LogP contribution < -0.4 is 4.74 Å². The molecule has 6 nitrogen and oxygen atoms in total. The number of carbonyl (C=O) groups excluding carboxylic acids is 1. The van der Waals surface area contributed by atoms with Gasteiger partial charge in [-0.3, -0.25) is 9.69 Å². The molecular weight excluding hydrogens is 358 g/mol. The Morgan fingerprint density at radius 2 is 1.89 bits per heavy atom. The van der Waals surface area contributed by atoms with Crippen LogP contribution in [-0.2, 0) is 9.53 Å². The topological polar surface area (TPSA) is 76.1 Å². The smallest absolute Gasteiger partial charge is 0.328 e. The maximum Gasteiger partial charge on any atom is 0.328 e. The van der Waals surface area contributed by atoms with Crippen molar-refractivity contribution in [3.8, 4) is 5.75 Å². The molecule has 1 spiro atoms. The molecular formula is C22H31NO5. The van der Waals surface area contributed by atoms with E-state index in [-0.39, 0.29) is 17.9 Å². The normalized spacial score (nSPS) is 27.8. The fourth-order valence-corrected chi connectivity index (χ4v) is 4.55. The monoisotopic (exact) mass is 389 g/mol. The van der Waals surface area contributed by atoms with Gasteiger partial charge in [-0.1, -0.05) is 32.9 Å². The summed E-state index contributed by atoms with van der Waals surface area (Å²) in [4.78, 5) is 26.9. The molecule has 0 aromatic heterocycles. The molecule has 1 N–H and O–H groups in total. The number of carbonyl (C=O) groups is 2. The number of carboxylic acid groups (broad SMARTS) is 1. The van der Waals surface area contributed by atoms with Crippen molar-refractivity contribution >= 4 is 11.9 Å². The molecule has 154 valence electrons. The summed E-state index contributed by atoms with van der Waals surface area (Å²) in [6, 6.07) is 6.03. The number of para-hydroxylation sites is 1. The van der Waals surface area contributed by atoms with E-state index in [0.717, 1.165) is 12.8 Å². The average Bonchev–Trinajstić information content (AvgIpc) is 3.00. The Hall–Kier alpha value is -2.08. The predicted octanol–water partition coefficient (Wildman–Crippen LogP) is 3.94. The minimum Gasteiger partial charge on any atom is -0.493 e. The highest BCUT2D eigenvalue weighted by molar-refractivity contribution is 5.99. The van der Waals surface area contributed by atoms with Gasteiger partial charge in [-0.2, -0.15) is 0 Å². The molecule has 28 heavy (non-hydrogen) atoms. The molecule has 6 heteroatoms. The van der Waals surface area contributed by atoms with Gasteiger partial charge in [-0.25, -0.2) is 4.79 Å². The molecule has 0 unspecified atom stereocenters. The summed E-state index contributed by atoms with van der Waals surface area (Å²) in [5.41, 5.74) is -0.275. The van der Waals surface area contributed by atoms with Crippen molar-refractivity contribution in [2.24, 2.45) is 11.3 Å². The van der Waals surface area contributed by atoms with Crippen LogP contribution in [0, 0.1) is 11.3 Å². The molecule has 1 saturated carbocycles. The molecule has 1 aromatic rings. The summed E-state index contributed by atoms with van der Waals surface area (Å²) < 4.78 is 11.7. The van der Waals surface area contributed by atoms with Crippen molar-refractivity contribution < 1.29 is 24.2 Å². The SMILES string of the molecule is CCOc1ccccc1C(=O)N1[C@H](C(=O)O)COC12CCC(C(C)(C)C)CC2. The number of aliphatic carboxylic acids is 1. The summed E-state index contributed by atoms with van der Waals surface area (Å²) >= 11 is 0. The van der Waals surface area contributed by atoms with Gasteiger partial charge in [0, 0.05) is 0 Å². The van der Waals surface area contributed by atoms with E-state index in [9.17, 15) is 14.7 Å². The molecule has 1 aliphatic heterocycles. The highest BCUT2D eigenvalue weighted by Gasteiger charge is 2.55. The third-order valence-corrected chi connectivity index (χ3v) is 6.17. The van der Waals surface area contributed by atoms with Gasteiger partial charge in [0.1, 0.15) is 11.5 Å². The zero-order valence-electron chi connectivity index (χ0n) is 17.2. The zero-order valence-corrected chi connectivity index (χ0v) is 17.2. The van der Waals surface area contributed by atoms with Crippen LogP contribution in [0.5, 0.6) is 5.75 Å². The second kappa shape index (κ2) is 7.74. The maximum atomic E-state index is 13.5. The molecule has 1 atom stereocenters. The first-order chi connectivity index (χ1) is 13.2. The van der Waals surface area contributed by atoms with Crippen LogP contribution in [0.1, 0.15) is 63.7 Å². The molecule has 1 saturated heterocycles. The van der Waals surface area contributed by atoms with Crippen molar-refractivity contribution in [2.45, 2.75) is 65.1 Å². The summed E-state index contributed by atoms with van der Waals surface area (Å²) in [6.45, 7) is 9.00. The van der Waals surface area contributed by atoms with Gasteiger partial charge in [0.05, 0.1) is 18.8 Å². The van der Waals surface area contributed by atoms with Crippen LogP contribution in [0.15, 0.2) is 24.3 Å². The number of benzene rings is 1. The van der Waals surface area contributed by atoms with E-state index >= 15 is 0 Å². The van der Waals surface area contributed by atoms with Gasteiger partial charge in [0.2, 0.25) is 0 Å². The molecule has 0 bridgehead atoms. The molecule has 2 fully saturated rings. The van der Waals surface area contributed by atoms with Crippen LogP contribution in [0.25, 0.3) is 0 Å². The second-order valence-electron chi connectivity index (χ2n) is 8.86. The molecule has 0 radical (unpaired) electrons. The van der Waals surface area contributed by atoms with Crippen LogP contribution in [-0.4, -0.2) is 46.9 Å². The van der Waals surface area contributed by atoms with E-state index in [2.05, 4.69) is 20.8 Å². The number of ether oxygens (including phenoxy) is 2. The lowest BCUT2D eigenvalue weighted by molar-refractivity contribution is -0.144. The molecule has 1 heterocycles. The van der Waals surface area contributed by atoms with Crippen LogP contribution in [0.2, 0.25) is 0 Å². The van der Waals surface area contributed by atoms with Crippen LogP contribution in [0.4, 0.5) is 0 Å². The van der Waals surface area contributed by atoms with Gasteiger partial charge in [0.15, 0.2) is 6.04 Å². The largest absolute Gasteiger partial charge is 0.493 e. The van der Waals surface area contributed by atoms with Crippen molar-refractivity contribution in [1.29, 1.82) is 0 Å². The van der Waals surface area contributed by atoms with Crippen molar-refractivity contribution in [3.05, 3.63) is 29.8 Å². The summed E-state index contributed by atoms with van der Waals surface area (Å²) in [5, 5.41) is 9.74. The van der Waals surface area contributed by atoms with E-state index in [0.29, 0.717) is 36.7 Å². The van der Waals surface area contributed by atoms with Crippen LogP contribution >= 0.6 is 0 Å².